The van der Waals surface area contributed by atoms with Crippen LogP contribution < -0.4 is 16.0 Å². The van der Waals surface area contributed by atoms with Crippen LogP contribution in [0.5, 0.6) is 0 Å². The molecule has 0 aliphatic carbocycles. The summed E-state index contributed by atoms with van der Waals surface area (Å²) in [4.78, 5) is 31.1. The predicted octanol–water partition coefficient (Wildman–Crippen LogP) is -0.000600. The highest BCUT2D eigenvalue weighted by Gasteiger charge is 2.21. The Labute approximate surface area is 116 Å². The molecular weight excluding hydrogens is 266 g/mol. The van der Waals surface area contributed by atoms with E-state index in [9.17, 15) is 9.59 Å². The van der Waals surface area contributed by atoms with Gasteiger partial charge in [0.05, 0.1) is 6.54 Å². The first-order valence-corrected chi connectivity index (χ1v) is 6.65. The molecule has 0 spiro atoms. The van der Waals surface area contributed by atoms with Gasteiger partial charge in [-0.05, 0) is 6.92 Å². The molecule has 1 rings (SSSR count). The van der Waals surface area contributed by atoms with Crippen molar-refractivity contribution in [3.8, 4) is 0 Å². The van der Waals surface area contributed by atoms with E-state index in [1.165, 1.54) is 23.3 Å². The van der Waals surface area contributed by atoms with Crippen LogP contribution in [0.1, 0.15) is 16.6 Å². The molecule has 0 fully saturated rings. The fourth-order valence-corrected chi connectivity index (χ4v) is 2.32. The number of amides is 2. The molecular formula is C11H19N5O2S. The molecule has 1 aromatic rings. The summed E-state index contributed by atoms with van der Waals surface area (Å²) in [5, 5.41) is 3.16. The fourth-order valence-electron chi connectivity index (χ4n) is 1.31. The van der Waals surface area contributed by atoms with E-state index in [1.54, 1.807) is 7.05 Å². The minimum atomic E-state index is -0.297. The first-order chi connectivity index (χ1) is 8.90. The Morgan fingerprint density at radius 3 is 2.58 bits per heavy atom. The summed E-state index contributed by atoms with van der Waals surface area (Å²) in [6.45, 7) is 2.75. The van der Waals surface area contributed by atoms with Gasteiger partial charge in [0.15, 0.2) is 5.13 Å². The topological polar surface area (TPSA) is 91.6 Å². The van der Waals surface area contributed by atoms with Crippen molar-refractivity contribution in [2.24, 2.45) is 0 Å². The molecule has 0 bridgehead atoms. The second-order valence-corrected chi connectivity index (χ2v) is 5.04. The third kappa shape index (κ3) is 3.57. The highest BCUT2D eigenvalue weighted by Crippen LogP contribution is 2.28. The number of nitrogens with zero attached hydrogens (tertiary/aromatic N) is 3. The number of nitrogens with one attached hydrogen (secondary N) is 1. The lowest BCUT2D eigenvalue weighted by Crippen LogP contribution is -2.36. The van der Waals surface area contributed by atoms with Crippen LogP contribution in [0, 0.1) is 0 Å². The van der Waals surface area contributed by atoms with Crippen LogP contribution >= 0.6 is 11.3 Å². The van der Waals surface area contributed by atoms with Crippen molar-refractivity contribution in [2.75, 3.05) is 44.9 Å². The summed E-state index contributed by atoms with van der Waals surface area (Å²) in [6.07, 6.45) is 0. The summed E-state index contributed by atoms with van der Waals surface area (Å²) in [5.41, 5.74) is 5.76. The monoisotopic (exact) mass is 285 g/mol. The molecule has 7 nitrogen and oxygen atoms in total. The minimum absolute atomic E-state index is 0.00831. The number of nitrogens with two attached hydrogens (primary N) is 1. The molecule has 19 heavy (non-hydrogen) atoms. The number of thiazole rings is 1. The van der Waals surface area contributed by atoms with E-state index in [-0.39, 0.29) is 24.2 Å². The van der Waals surface area contributed by atoms with Gasteiger partial charge in [-0.25, -0.2) is 4.98 Å². The maximum Gasteiger partial charge on any atom is 0.268 e. The molecule has 1 aromatic heterocycles. The molecule has 0 saturated carbocycles. The Hall–Kier alpha value is -1.83. The number of aromatic nitrogens is 1. The van der Waals surface area contributed by atoms with E-state index < -0.39 is 0 Å². The van der Waals surface area contributed by atoms with Crippen molar-refractivity contribution in [2.45, 2.75) is 6.92 Å². The number of hydrogen-bond acceptors (Lipinski definition) is 6. The Balaban J connectivity index is 2.87. The summed E-state index contributed by atoms with van der Waals surface area (Å²) in [5.74, 6) is -0.326. The average molecular weight is 285 g/mol. The second-order valence-electron chi connectivity index (χ2n) is 4.06. The predicted molar refractivity (Wildman–Crippen MR) is 76.5 cm³/mol. The van der Waals surface area contributed by atoms with Crippen LogP contribution in [0.2, 0.25) is 0 Å². The van der Waals surface area contributed by atoms with E-state index in [4.69, 9.17) is 5.73 Å². The molecule has 0 aromatic carbocycles. The molecule has 8 heteroatoms. The van der Waals surface area contributed by atoms with Gasteiger partial charge < -0.3 is 20.9 Å². The Morgan fingerprint density at radius 1 is 1.42 bits per heavy atom. The van der Waals surface area contributed by atoms with E-state index >= 15 is 0 Å². The normalized spacial score (nSPS) is 10.1. The molecule has 3 N–H and O–H groups in total. The van der Waals surface area contributed by atoms with Crippen molar-refractivity contribution >= 4 is 34.1 Å². The smallest absolute Gasteiger partial charge is 0.268 e. The zero-order valence-corrected chi connectivity index (χ0v) is 12.4. The lowest BCUT2D eigenvalue weighted by molar-refractivity contribution is -0.121. The molecule has 0 unspecified atom stereocenters. The lowest BCUT2D eigenvalue weighted by atomic mass is 10.4. The van der Waals surface area contributed by atoms with Crippen molar-refractivity contribution in [3.63, 3.8) is 0 Å². The molecule has 2 amide bonds. The molecule has 1 heterocycles. The van der Waals surface area contributed by atoms with Crippen molar-refractivity contribution in [1.82, 2.24) is 15.2 Å². The molecule has 0 aliphatic heterocycles. The minimum Gasteiger partial charge on any atom is -0.382 e. The van der Waals surface area contributed by atoms with Crippen LogP contribution in [-0.4, -0.2) is 55.9 Å². The third-order valence-corrected chi connectivity index (χ3v) is 3.82. The molecule has 0 aliphatic rings. The first-order valence-electron chi connectivity index (χ1n) is 5.84. The summed E-state index contributed by atoms with van der Waals surface area (Å²) < 4.78 is 0. The van der Waals surface area contributed by atoms with E-state index in [1.807, 2.05) is 18.9 Å². The van der Waals surface area contributed by atoms with Crippen LogP contribution in [0.3, 0.4) is 0 Å². The Kier molecular flexibility index (Phi) is 5.11. The number of carbonyl (C=O) groups excluding carboxylic acids is 2. The van der Waals surface area contributed by atoms with Gasteiger partial charge in [-0.2, -0.15) is 0 Å². The Morgan fingerprint density at radius 2 is 2.05 bits per heavy atom. The van der Waals surface area contributed by atoms with Gasteiger partial charge in [0.1, 0.15) is 10.7 Å². The number of nitrogen functional groups attached to an aromatic ring is 1. The molecule has 0 saturated heterocycles. The van der Waals surface area contributed by atoms with E-state index in [0.29, 0.717) is 10.0 Å². The Bertz CT molecular complexity index is 474. The van der Waals surface area contributed by atoms with Gasteiger partial charge in [-0.1, -0.05) is 11.3 Å². The quantitative estimate of drug-likeness (QED) is 0.794. The van der Waals surface area contributed by atoms with Gasteiger partial charge >= 0.3 is 0 Å². The van der Waals surface area contributed by atoms with E-state index in [2.05, 4.69) is 10.3 Å². The standard InChI is InChI=1S/C11H19N5O2S/c1-5-15(3)11-14-9(12)8(19-11)10(18)16(4)6-7(17)13-2/h5-6,12H2,1-4H3,(H,13,17). The van der Waals surface area contributed by atoms with Crippen LogP contribution in [0.15, 0.2) is 0 Å². The number of anilines is 2. The maximum absolute atomic E-state index is 12.2. The summed E-state index contributed by atoms with van der Waals surface area (Å²) in [6, 6.07) is 0. The zero-order valence-electron chi connectivity index (χ0n) is 11.6. The molecule has 0 atom stereocenters. The van der Waals surface area contributed by atoms with Crippen molar-refractivity contribution in [3.05, 3.63) is 4.88 Å². The van der Waals surface area contributed by atoms with Crippen LogP contribution in [-0.2, 0) is 4.79 Å². The maximum atomic E-state index is 12.2. The largest absolute Gasteiger partial charge is 0.382 e. The zero-order chi connectivity index (χ0) is 14.6. The van der Waals surface area contributed by atoms with Gasteiger partial charge in [0.25, 0.3) is 5.91 Å². The number of likely N-dealkylation sites (N-methyl/N-ethyl adjacent to an activating group) is 2. The SMILES string of the molecule is CCN(C)c1nc(N)c(C(=O)N(C)CC(=O)NC)s1. The lowest BCUT2D eigenvalue weighted by Gasteiger charge is -2.15. The van der Waals surface area contributed by atoms with E-state index in [0.717, 1.165) is 6.54 Å². The number of rotatable bonds is 5. The summed E-state index contributed by atoms with van der Waals surface area (Å²) in [7, 11) is 4.96. The fraction of sp³-hybridized carbons (Fsp3) is 0.545. The van der Waals surface area contributed by atoms with Gasteiger partial charge in [-0.3, -0.25) is 9.59 Å². The number of hydrogen-bond donors (Lipinski definition) is 2. The van der Waals surface area contributed by atoms with Crippen molar-refractivity contribution < 1.29 is 9.59 Å². The highest BCUT2D eigenvalue weighted by atomic mass is 32.1. The molecule has 106 valence electrons. The molecule has 0 radical (unpaired) electrons. The van der Waals surface area contributed by atoms with Gasteiger partial charge in [0.2, 0.25) is 5.91 Å². The van der Waals surface area contributed by atoms with Crippen LogP contribution in [0.4, 0.5) is 10.9 Å². The van der Waals surface area contributed by atoms with Crippen molar-refractivity contribution in [1.29, 1.82) is 0 Å². The summed E-state index contributed by atoms with van der Waals surface area (Å²) >= 11 is 1.23. The highest BCUT2D eigenvalue weighted by molar-refractivity contribution is 7.18. The van der Waals surface area contributed by atoms with Gasteiger partial charge in [-0.15, -0.1) is 0 Å². The first kappa shape index (κ1) is 15.2. The number of carbonyl (C=O) groups is 2. The third-order valence-electron chi connectivity index (χ3n) is 2.64. The van der Waals surface area contributed by atoms with Crippen LogP contribution in [0.25, 0.3) is 0 Å². The van der Waals surface area contributed by atoms with Gasteiger partial charge in [0, 0.05) is 27.7 Å². The average Bonchev–Trinajstić information content (AvgIpc) is 2.78. The second kappa shape index (κ2) is 6.37.